The number of hydrogen-bond donors (Lipinski definition) is 3. The number of urea groups is 1. The average Bonchev–Trinajstić information content (AvgIpc) is 2.62. The van der Waals surface area contributed by atoms with Gasteiger partial charge in [0.2, 0.25) is 0 Å². The molecule has 0 bridgehead atoms. The fourth-order valence-corrected chi connectivity index (χ4v) is 2.83. The highest BCUT2D eigenvalue weighted by Gasteiger charge is 2.15. The fraction of sp³-hybridized carbons (Fsp3) is 0.500. The number of hydrogen-bond acceptors (Lipinski definition) is 5. The van der Waals surface area contributed by atoms with Gasteiger partial charge in [-0.2, -0.15) is 0 Å². The molecule has 1 saturated heterocycles. The Morgan fingerprint density at radius 3 is 2.80 bits per heavy atom. The molecular weight excluding hydrogens is 316 g/mol. The zero-order valence-electron chi connectivity index (χ0n) is 14.9. The van der Waals surface area contributed by atoms with E-state index in [2.05, 4.69) is 30.8 Å². The van der Waals surface area contributed by atoms with Crippen LogP contribution < -0.4 is 16.0 Å². The van der Waals surface area contributed by atoms with Crippen LogP contribution in [0.15, 0.2) is 24.3 Å². The topological polar surface area (TPSA) is 82.2 Å². The van der Waals surface area contributed by atoms with Crippen LogP contribution in [-0.2, 0) is 6.54 Å². The van der Waals surface area contributed by atoms with Crippen LogP contribution in [0.25, 0.3) is 10.9 Å². The molecule has 1 aromatic carbocycles. The average molecular weight is 342 g/mol. The van der Waals surface area contributed by atoms with E-state index in [0.29, 0.717) is 12.4 Å². The number of para-hydroxylation sites is 1. The van der Waals surface area contributed by atoms with Gasteiger partial charge < -0.3 is 10.6 Å². The van der Waals surface area contributed by atoms with Crippen LogP contribution >= 0.6 is 0 Å². The summed E-state index contributed by atoms with van der Waals surface area (Å²) in [5, 5.41) is 10.0. The molecule has 1 aliphatic heterocycles. The molecule has 3 N–H and O–H groups in total. The number of carbonyl (C=O) groups is 1. The van der Waals surface area contributed by atoms with Gasteiger partial charge in [-0.25, -0.2) is 14.8 Å². The summed E-state index contributed by atoms with van der Waals surface area (Å²) < 4.78 is 0. The molecule has 2 amide bonds. The second kappa shape index (κ2) is 8.22. The van der Waals surface area contributed by atoms with E-state index in [1.807, 2.05) is 38.1 Å². The molecule has 0 unspecified atom stereocenters. The van der Waals surface area contributed by atoms with Crippen LogP contribution in [0.3, 0.4) is 0 Å². The van der Waals surface area contributed by atoms with Gasteiger partial charge in [0.1, 0.15) is 11.6 Å². The number of nitrogens with one attached hydrogen (secondary N) is 3. The Morgan fingerprint density at radius 1 is 1.28 bits per heavy atom. The highest BCUT2D eigenvalue weighted by Crippen LogP contribution is 2.20. The zero-order chi connectivity index (χ0) is 17.6. The maximum atomic E-state index is 12.2. The van der Waals surface area contributed by atoms with Crippen LogP contribution in [0.4, 0.5) is 10.6 Å². The number of benzene rings is 1. The van der Waals surface area contributed by atoms with E-state index in [9.17, 15) is 4.79 Å². The highest BCUT2D eigenvalue weighted by molar-refractivity contribution is 5.98. The van der Waals surface area contributed by atoms with Crippen LogP contribution in [-0.4, -0.2) is 53.1 Å². The third kappa shape index (κ3) is 4.64. The molecule has 2 aromatic rings. The molecule has 3 rings (SSSR count). The highest BCUT2D eigenvalue weighted by atomic mass is 16.2. The normalized spacial score (nSPS) is 16.6. The van der Waals surface area contributed by atoms with Crippen molar-refractivity contribution in [3.8, 4) is 0 Å². The zero-order valence-corrected chi connectivity index (χ0v) is 14.9. The van der Waals surface area contributed by atoms with Gasteiger partial charge in [-0.05, 0) is 25.5 Å². The number of rotatable bonds is 5. The number of amides is 2. The summed E-state index contributed by atoms with van der Waals surface area (Å²) in [6.07, 6.45) is 0.881. The Hall–Kier alpha value is -2.25. The smallest absolute Gasteiger partial charge is 0.320 e. The van der Waals surface area contributed by atoms with Crippen molar-refractivity contribution in [3.63, 3.8) is 0 Å². The first-order valence-corrected chi connectivity index (χ1v) is 8.92. The Kier molecular flexibility index (Phi) is 5.78. The minimum atomic E-state index is -0.230. The number of fused-ring (bicyclic) bond motifs is 1. The molecule has 25 heavy (non-hydrogen) atoms. The quantitative estimate of drug-likeness (QED) is 0.774. The van der Waals surface area contributed by atoms with E-state index in [-0.39, 0.29) is 12.1 Å². The van der Waals surface area contributed by atoms with Gasteiger partial charge in [-0.3, -0.25) is 10.2 Å². The molecule has 2 heterocycles. The van der Waals surface area contributed by atoms with Gasteiger partial charge in [0.15, 0.2) is 0 Å². The third-order valence-electron chi connectivity index (χ3n) is 4.45. The first-order chi connectivity index (χ1) is 12.2. The lowest BCUT2D eigenvalue weighted by atomic mass is 10.2. The van der Waals surface area contributed by atoms with Crippen molar-refractivity contribution in [2.45, 2.75) is 32.9 Å². The van der Waals surface area contributed by atoms with Gasteiger partial charge in [-0.1, -0.05) is 19.1 Å². The van der Waals surface area contributed by atoms with Crippen molar-refractivity contribution < 1.29 is 4.79 Å². The summed E-state index contributed by atoms with van der Waals surface area (Å²) in [6.45, 7) is 8.63. The van der Waals surface area contributed by atoms with Crippen molar-refractivity contribution in [2.75, 3.05) is 31.5 Å². The number of carbonyl (C=O) groups excluding carboxylic acids is 1. The van der Waals surface area contributed by atoms with Gasteiger partial charge in [0, 0.05) is 37.6 Å². The Balaban J connectivity index is 1.83. The van der Waals surface area contributed by atoms with E-state index in [0.717, 1.165) is 49.3 Å². The largest absolute Gasteiger partial charge is 0.335 e. The van der Waals surface area contributed by atoms with Crippen molar-refractivity contribution in [3.05, 3.63) is 30.1 Å². The second-order valence-electron chi connectivity index (χ2n) is 6.44. The summed E-state index contributed by atoms with van der Waals surface area (Å²) in [4.78, 5) is 23.8. The van der Waals surface area contributed by atoms with Crippen LogP contribution in [0.1, 0.15) is 26.1 Å². The maximum absolute atomic E-state index is 12.2. The standard InChI is InChI=1S/C18H26N6O/c1-3-13(2)20-18(25)23-17-14-6-4-5-7-15(14)21-16(22-17)12-24-10-8-19-9-11-24/h4-7,13,19H,3,8-12H2,1-2H3,(H2,20,21,22,23,25)/t13-/m0/s1. The predicted octanol–water partition coefficient (Wildman–Crippen LogP) is 1.96. The summed E-state index contributed by atoms with van der Waals surface area (Å²) in [5.41, 5.74) is 0.849. The molecule has 0 saturated carbocycles. The first kappa shape index (κ1) is 17.6. The predicted molar refractivity (Wildman–Crippen MR) is 99.6 cm³/mol. The molecule has 1 aromatic heterocycles. The minimum absolute atomic E-state index is 0.119. The second-order valence-corrected chi connectivity index (χ2v) is 6.44. The van der Waals surface area contributed by atoms with Gasteiger partial charge in [0.05, 0.1) is 12.1 Å². The summed E-state index contributed by atoms with van der Waals surface area (Å²) >= 11 is 0. The third-order valence-corrected chi connectivity index (χ3v) is 4.45. The molecule has 1 fully saturated rings. The van der Waals surface area contributed by atoms with E-state index >= 15 is 0 Å². The summed E-state index contributed by atoms with van der Waals surface area (Å²) in [6, 6.07) is 7.66. The van der Waals surface area contributed by atoms with E-state index in [4.69, 9.17) is 0 Å². The number of aromatic nitrogens is 2. The molecule has 7 heteroatoms. The summed E-state index contributed by atoms with van der Waals surface area (Å²) in [7, 11) is 0. The number of piperazine rings is 1. The number of nitrogens with zero attached hydrogens (tertiary/aromatic N) is 3. The van der Waals surface area contributed by atoms with Crippen LogP contribution in [0.2, 0.25) is 0 Å². The molecule has 0 radical (unpaired) electrons. The van der Waals surface area contributed by atoms with Crippen molar-refractivity contribution in [2.24, 2.45) is 0 Å². The van der Waals surface area contributed by atoms with Crippen molar-refractivity contribution in [1.29, 1.82) is 0 Å². The Morgan fingerprint density at radius 2 is 2.04 bits per heavy atom. The SMILES string of the molecule is CC[C@H](C)NC(=O)Nc1nc(CN2CCNCC2)nc2ccccc12. The van der Waals surface area contributed by atoms with E-state index in [1.165, 1.54) is 0 Å². The van der Waals surface area contributed by atoms with E-state index in [1.54, 1.807) is 0 Å². The lowest BCUT2D eigenvalue weighted by Gasteiger charge is -2.26. The molecule has 1 aliphatic rings. The van der Waals surface area contributed by atoms with Crippen molar-refractivity contribution in [1.82, 2.24) is 25.5 Å². The number of anilines is 1. The molecule has 0 aliphatic carbocycles. The minimum Gasteiger partial charge on any atom is -0.335 e. The Labute approximate surface area is 148 Å². The summed E-state index contributed by atoms with van der Waals surface area (Å²) in [5.74, 6) is 1.30. The monoisotopic (exact) mass is 342 g/mol. The van der Waals surface area contributed by atoms with Gasteiger partial charge in [-0.15, -0.1) is 0 Å². The lowest BCUT2D eigenvalue weighted by Crippen LogP contribution is -2.43. The molecule has 0 spiro atoms. The lowest BCUT2D eigenvalue weighted by molar-refractivity contribution is 0.228. The first-order valence-electron chi connectivity index (χ1n) is 8.92. The van der Waals surface area contributed by atoms with Crippen LogP contribution in [0, 0.1) is 0 Å². The van der Waals surface area contributed by atoms with Crippen molar-refractivity contribution >= 4 is 22.8 Å². The molecule has 134 valence electrons. The fourth-order valence-electron chi connectivity index (χ4n) is 2.83. The van der Waals surface area contributed by atoms with Gasteiger partial charge >= 0.3 is 6.03 Å². The van der Waals surface area contributed by atoms with Gasteiger partial charge in [0.25, 0.3) is 0 Å². The molecular formula is C18H26N6O. The Bertz CT molecular complexity index is 729. The maximum Gasteiger partial charge on any atom is 0.320 e. The van der Waals surface area contributed by atoms with E-state index < -0.39 is 0 Å². The molecule has 1 atom stereocenters. The van der Waals surface area contributed by atoms with Crippen LogP contribution in [0.5, 0.6) is 0 Å². The molecule has 7 nitrogen and oxygen atoms in total.